The Balaban J connectivity index is 1.82. The van der Waals surface area contributed by atoms with Crippen LogP contribution in [0.3, 0.4) is 0 Å². The van der Waals surface area contributed by atoms with E-state index < -0.39 is 60.5 Å². The second-order valence-corrected chi connectivity index (χ2v) is 14.2. The number of ketones is 1. The van der Waals surface area contributed by atoms with Crippen molar-refractivity contribution in [1.29, 1.82) is 0 Å². The van der Waals surface area contributed by atoms with Gasteiger partial charge in [0.2, 0.25) is 0 Å². The van der Waals surface area contributed by atoms with Crippen LogP contribution in [-0.2, 0) is 14.3 Å². The number of Topliss-reactive ketones (excluding diaryl/α,β-unsaturated/α-hetero) is 1. The molecule has 2 heterocycles. The molecule has 2 aliphatic rings. The van der Waals surface area contributed by atoms with Crippen molar-refractivity contribution in [3.05, 3.63) is 72.4 Å². The van der Waals surface area contributed by atoms with Gasteiger partial charge in [-0.1, -0.05) is 87.6 Å². The van der Waals surface area contributed by atoms with Gasteiger partial charge in [0.25, 0.3) is 0 Å². The maximum absolute atomic E-state index is 11.2. The van der Waals surface area contributed by atoms with Crippen molar-refractivity contribution in [3.8, 4) is 0 Å². The summed E-state index contributed by atoms with van der Waals surface area (Å²) in [7, 11) is 0. The van der Waals surface area contributed by atoms with E-state index in [2.05, 4.69) is 0 Å². The Morgan fingerprint density at radius 1 is 0.755 bits per heavy atom. The summed E-state index contributed by atoms with van der Waals surface area (Å²) in [6.45, 7) is 8.75. The third-order valence-corrected chi connectivity index (χ3v) is 9.17. The lowest BCUT2D eigenvalue weighted by molar-refractivity contribution is -0.331. The number of rotatable bonds is 19. The van der Waals surface area contributed by atoms with Crippen LogP contribution in [0.25, 0.3) is 0 Å². The second-order valence-electron chi connectivity index (χ2n) is 14.2. The molecule has 2 fully saturated rings. The smallest absolute Gasteiger partial charge is 0.174 e. The molecule has 2 saturated heterocycles. The van der Waals surface area contributed by atoms with E-state index in [9.17, 15) is 40.5 Å². The van der Waals surface area contributed by atoms with E-state index in [1.54, 1.807) is 32.1 Å². The van der Waals surface area contributed by atoms with E-state index in [0.717, 1.165) is 0 Å². The predicted molar refractivity (Wildman–Crippen MR) is 190 cm³/mol. The molecule has 278 valence electrons. The first-order valence-corrected chi connectivity index (χ1v) is 17.7. The Kier molecular flexibility index (Phi) is 19.1. The summed E-state index contributed by atoms with van der Waals surface area (Å²) < 4.78 is 12.6. The van der Waals surface area contributed by atoms with Gasteiger partial charge < -0.3 is 45.2 Å². The molecule has 1 unspecified atom stereocenters. The molecule has 0 radical (unpaired) electrons. The highest BCUT2D eigenvalue weighted by atomic mass is 16.7. The van der Waals surface area contributed by atoms with Crippen molar-refractivity contribution in [2.75, 3.05) is 0 Å². The minimum atomic E-state index is -1.12. The second kappa shape index (κ2) is 21.9. The topological polar surface area (TPSA) is 177 Å². The van der Waals surface area contributed by atoms with Crippen LogP contribution in [0.1, 0.15) is 92.4 Å². The number of hydrogen-bond donors (Lipinski definition) is 7. The molecule has 7 N–H and O–H groups in total. The third-order valence-electron chi connectivity index (χ3n) is 9.17. The molecule has 0 aromatic rings. The first kappa shape index (κ1) is 42.9. The Labute approximate surface area is 292 Å². The standard InChI is InChI=1S/C39H62O10/c1-26(2)38(47)28(4)37(46)23-32(43)20-31(42)19-30(41)16-14-18-36-22-34(45)25-39(49-36)24-33(44)21-35(48-39)17-13-11-9-7-6-8-10-12-15-27(3)29(5)40/h6-15,18,26,28,30-38,41-47H,16-17,19-25H2,1-5H3/b8-6+,9-7+,12-10+,13-11+,18-14+,27-15+/t28-,30+,31+,32-,33-,34+,35+,36?,37-,38-,39+/m0/s1. The number of hydrogen-bond acceptors (Lipinski definition) is 10. The predicted octanol–water partition coefficient (Wildman–Crippen LogP) is 4.13. The van der Waals surface area contributed by atoms with Gasteiger partial charge in [-0.25, -0.2) is 0 Å². The molecule has 0 bridgehead atoms. The highest BCUT2D eigenvalue weighted by molar-refractivity contribution is 5.92. The zero-order chi connectivity index (χ0) is 36.6. The number of carbonyl (C=O) groups excluding carboxylic acids is 1. The molecule has 0 aliphatic carbocycles. The summed E-state index contributed by atoms with van der Waals surface area (Å²) in [6.07, 6.45) is 15.9. The highest BCUT2D eigenvalue weighted by Gasteiger charge is 2.47. The number of ether oxygens (including phenoxy) is 2. The third kappa shape index (κ3) is 16.5. The van der Waals surface area contributed by atoms with Gasteiger partial charge >= 0.3 is 0 Å². The summed E-state index contributed by atoms with van der Waals surface area (Å²) >= 11 is 0. The van der Waals surface area contributed by atoms with Crippen LogP contribution in [0.5, 0.6) is 0 Å². The van der Waals surface area contributed by atoms with Gasteiger partial charge in [0.05, 0.1) is 54.9 Å². The summed E-state index contributed by atoms with van der Waals surface area (Å²) in [4.78, 5) is 11.2. The molecule has 0 saturated carbocycles. The fourth-order valence-corrected chi connectivity index (χ4v) is 6.28. The summed E-state index contributed by atoms with van der Waals surface area (Å²) in [5.74, 6) is -1.53. The van der Waals surface area contributed by atoms with Crippen molar-refractivity contribution in [2.24, 2.45) is 11.8 Å². The van der Waals surface area contributed by atoms with Crippen LogP contribution in [0.2, 0.25) is 0 Å². The Hall–Kier alpha value is -2.25. The SMILES string of the molecule is CC(=O)/C(C)=C/C=C/C=C/C=C/C=C/C[C@@H]1C[C@H](O)C[C@@]2(C[C@H](O)CC(/C=C/C[C@@H](O)C[C@@H](O)C[C@H](O)C[C@H](O)[C@H](C)[C@@H](O)C(C)C)O2)O1. The molecule has 0 aromatic heterocycles. The Morgan fingerprint density at radius 2 is 1.33 bits per heavy atom. The number of carbonyl (C=O) groups is 1. The van der Waals surface area contributed by atoms with Crippen molar-refractivity contribution >= 4 is 5.78 Å². The molecule has 2 rings (SSSR count). The molecule has 0 aromatic carbocycles. The van der Waals surface area contributed by atoms with Crippen molar-refractivity contribution in [2.45, 2.75) is 153 Å². The largest absolute Gasteiger partial charge is 0.393 e. The molecule has 11 atom stereocenters. The van der Waals surface area contributed by atoms with Crippen LogP contribution in [0.15, 0.2) is 72.4 Å². The van der Waals surface area contributed by atoms with Crippen LogP contribution in [-0.4, -0.2) is 102 Å². The van der Waals surface area contributed by atoms with E-state index >= 15 is 0 Å². The van der Waals surface area contributed by atoms with E-state index in [1.165, 1.54) is 6.92 Å². The summed E-state index contributed by atoms with van der Waals surface area (Å²) in [5.41, 5.74) is 0.696. The number of aliphatic hydroxyl groups is 7. The van der Waals surface area contributed by atoms with E-state index in [1.807, 2.05) is 62.5 Å². The first-order valence-electron chi connectivity index (χ1n) is 17.7. The molecule has 1 spiro atoms. The van der Waals surface area contributed by atoms with Gasteiger partial charge in [0.15, 0.2) is 11.6 Å². The van der Waals surface area contributed by atoms with E-state index in [0.29, 0.717) is 24.8 Å². The van der Waals surface area contributed by atoms with E-state index in [-0.39, 0.29) is 56.3 Å². The highest BCUT2D eigenvalue weighted by Crippen LogP contribution is 2.40. The van der Waals surface area contributed by atoms with E-state index in [4.69, 9.17) is 9.47 Å². The molecule has 10 nitrogen and oxygen atoms in total. The lowest BCUT2D eigenvalue weighted by atomic mass is 9.87. The van der Waals surface area contributed by atoms with Crippen molar-refractivity contribution in [3.63, 3.8) is 0 Å². The van der Waals surface area contributed by atoms with Gasteiger partial charge in [0.1, 0.15) is 0 Å². The molecular weight excluding hydrogens is 628 g/mol. The Bertz CT molecular complexity index is 1150. The number of allylic oxidation sites excluding steroid dienone is 9. The lowest BCUT2D eigenvalue weighted by Crippen LogP contribution is -2.54. The molecule has 2 aliphatic heterocycles. The van der Waals surface area contributed by atoms with Crippen molar-refractivity contribution < 1.29 is 50.0 Å². The average molecular weight is 691 g/mol. The van der Waals surface area contributed by atoms with Gasteiger partial charge in [-0.2, -0.15) is 0 Å². The minimum absolute atomic E-state index is 0.00841. The normalized spacial score (nSPS) is 29.5. The van der Waals surface area contributed by atoms with Crippen LogP contribution < -0.4 is 0 Å². The van der Waals surface area contributed by atoms with Gasteiger partial charge in [0, 0.05) is 31.6 Å². The summed E-state index contributed by atoms with van der Waals surface area (Å²) in [5, 5.41) is 73.1. The first-order chi connectivity index (χ1) is 23.1. The maximum Gasteiger partial charge on any atom is 0.174 e. The molecule has 49 heavy (non-hydrogen) atoms. The molecule has 10 heteroatoms. The lowest BCUT2D eigenvalue weighted by Gasteiger charge is -2.48. The maximum atomic E-state index is 11.2. The van der Waals surface area contributed by atoms with Gasteiger partial charge in [-0.15, -0.1) is 0 Å². The molecule has 0 amide bonds. The zero-order valence-corrected chi connectivity index (χ0v) is 29.9. The van der Waals surface area contributed by atoms with Gasteiger partial charge in [-0.3, -0.25) is 4.79 Å². The van der Waals surface area contributed by atoms with Crippen LogP contribution in [0, 0.1) is 11.8 Å². The quantitative estimate of drug-likeness (QED) is 0.0593. The fraction of sp³-hybridized carbons (Fsp3) is 0.667. The van der Waals surface area contributed by atoms with Gasteiger partial charge in [-0.05, 0) is 57.4 Å². The summed E-state index contributed by atoms with van der Waals surface area (Å²) in [6, 6.07) is 0. The van der Waals surface area contributed by atoms with Crippen LogP contribution in [0.4, 0.5) is 0 Å². The molecular formula is C39H62O10. The number of aliphatic hydroxyl groups excluding tert-OH is 7. The van der Waals surface area contributed by atoms with Crippen molar-refractivity contribution in [1.82, 2.24) is 0 Å². The van der Waals surface area contributed by atoms with Crippen LogP contribution >= 0.6 is 0 Å². The zero-order valence-electron chi connectivity index (χ0n) is 29.9. The fourth-order valence-electron chi connectivity index (χ4n) is 6.28. The minimum Gasteiger partial charge on any atom is -0.393 e. The Morgan fingerprint density at radius 3 is 1.96 bits per heavy atom. The monoisotopic (exact) mass is 690 g/mol. The average Bonchev–Trinajstić information content (AvgIpc) is 2.99.